The summed E-state index contributed by atoms with van der Waals surface area (Å²) in [5.74, 6) is -8.95. The number of amides is 2. The van der Waals surface area contributed by atoms with Crippen LogP contribution in [0.2, 0.25) is 0 Å². The summed E-state index contributed by atoms with van der Waals surface area (Å²) in [4.78, 5) is 41.2. The van der Waals surface area contributed by atoms with Gasteiger partial charge in [-0.2, -0.15) is 0 Å². The van der Waals surface area contributed by atoms with Gasteiger partial charge in [0.05, 0.1) is 105 Å². The molecule has 0 saturated carbocycles. The lowest BCUT2D eigenvalue weighted by molar-refractivity contribution is -0.368. The van der Waals surface area contributed by atoms with E-state index in [-0.39, 0.29) is 37.6 Å². The van der Waals surface area contributed by atoms with Crippen LogP contribution in [0.25, 0.3) is 0 Å². The van der Waals surface area contributed by atoms with E-state index in [2.05, 4.69) is 10.6 Å². The molecule has 5 saturated heterocycles. The Morgan fingerprint density at radius 1 is 0.646 bits per heavy atom. The first-order valence-corrected chi connectivity index (χ1v) is 33.1. The number of carbonyl (C=O) groups excluding carboxylic acids is 3. The molecule has 6 aliphatic rings. The van der Waals surface area contributed by atoms with E-state index < -0.39 is 228 Å². The maximum Gasteiger partial charge on any atom is 0.308 e. The lowest BCUT2D eigenvalue weighted by Crippen LogP contribution is -2.70. The van der Waals surface area contributed by atoms with Crippen LogP contribution in [0.1, 0.15) is 98.3 Å². The number of hydrogen-bond donors (Lipinski definition) is 19. The van der Waals surface area contributed by atoms with E-state index in [0.717, 1.165) is 0 Å². The average molecular weight is 1370 g/mol. The summed E-state index contributed by atoms with van der Waals surface area (Å²) in [5.41, 5.74) is 0. The minimum absolute atomic E-state index is 0.0244. The summed E-state index contributed by atoms with van der Waals surface area (Å²) in [5, 5.41) is 194. The molecule has 30 nitrogen and oxygen atoms in total. The van der Waals surface area contributed by atoms with Crippen molar-refractivity contribution in [1.29, 1.82) is 0 Å². The molecular formula is C66H105N3O27. The fourth-order valence-corrected chi connectivity index (χ4v) is 12.5. The molecule has 0 radical (unpaired) electrons. The van der Waals surface area contributed by atoms with E-state index in [1.165, 1.54) is 19.1 Å². The van der Waals surface area contributed by atoms with E-state index in [9.17, 15) is 101 Å². The standard InChI is InChI=1S/C66H105N3O27/c1-36-19-15-13-11-9-7-5-6-8-10-12-14-16-20-43(93-63-57(83)53(55(81)39(4)92-63)68-35-66(89)61(86)60(47(77)34-90-66)95-64-59(85)58(84)56(82)49(33-70)94-64)30-48-52(62(87)67-24-18-26-69-25-17-21-50(69)78)46(76)32-65(88,96-48)31-42(73)28-45(75)44(74)23-22-40(71)27-41(72)29-51(79)91-38(3)37(2)54(36)80/h5-16,19-20,36-49,52-61,63-64,68,70-77,80-86,88-89H,17-18,21-35H2,1-4H3,(H,67,87)/b6-5+,9-7+,10-8+,13-11+,14-12+,19-15+,20-16+/t36-,37-,38-,39+,40+,41+,42-,43-,44+,45+,46-,47+,48?,49+,52?,53-,54+,55+,56+,57-,58-,59+,60+,61-,63?,64?,65+,66+/m0/s1. The topological polar surface area (TPSA) is 487 Å². The summed E-state index contributed by atoms with van der Waals surface area (Å²) in [7, 11) is 0. The maximum absolute atomic E-state index is 14.3. The molecule has 546 valence electrons. The molecular weight excluding hydrogens is 1270 g/mol. The Labute approximate surface area is 558 Å². The number of nitrogens with one attached hydrogen (secondary N) is 2. The zero-order valence-corrected chi connectivity index (χ0v) is 54.7. The molecule has 0 aromatic carbocycles. The number of rotatable bonds is 13. The lowest BCUT2D eigenvalue weighted by Gasteiger charge is -2.48. The Hall–Kier alpha value is -4.37. The molecule has 5 fully saturated rings. The van der Waals surface area contributed by atoms with Gasteiger partial charge in [0.1, 0.15) is 54.9 Å². The quantitative estimate of drug-likeness (QED) is 0.0617. The molecule has 0 spiro atoms. The van der Waals surface area contributed by atoms with Crippen LogP contribution < -0.4 is 10.6 Å². The van der Waals surface area contributed by atoms with Gasteiger partial charge in [-0.25, -0.2) is 0 Å². The first kappa shape index (κ1) is 80.6. The SMILES string of the molecule is C[C@@H]1[C@H](O)[C@@H](C)/C=C/C=C/C=C/C=C/C=C/C=C/C=C/[C@H](OC2O[C@H](C)[C@@H](O)[C@H](NC[C@@]3(O)OC[C@@H](O)[C@@H](OC4O[C@H](CO)[C@@H](O)[C@H](O)[C@H]4O)[C@@H]3O)[C@@H]2O)CC2O[C@](O)(C[C@@H](O)C[C@@H](O)[C@H](O)CC[C@@H](O)C[C@@H](O)CC(=O)O[C@H]1C)C[C@H](O)C2C(=O)NCCCN1CCCC1=O. The largest absolute Gasteiger partial charge is 0.462 e. The second-order valence-corrected chi connectivity index (χ2v) is 26.2. The molecule has 0 aliphatic carbocycles. The molecule has 30 heteroatoms. The van der Waals surface area contributed by atoms with Gasteiger partial charge in [-0.15, -0.1) is 0 Å². The summed E-state index contributed by atoms with van der Waals surface area (Å²) in [6.07, 6.45) is -12.7. The molecule has 2 amide bonds. The number of cyclic esters (lactones) is 1. The molecule has 2 bridgehead atoms. The Morgan fingerprint density at radius 2 is 1.28 bits per heavy atom. The highest BCUT2D eigenvalue weighted by molar-refractivity contribution is 5.80. The Bertz CT molecular complexity index is 2610. The van der Waals surface area contributed by atoms with E-state index in [1.54, 1.807) is 91.7 Å². The Kier molecular flexibility index (Phi) is 32.3. The highest BCUT2D eigenvalue weighted by Gasteiger charge is 2.55. The summed E-state index contributed by atoms with van der Waals surface area (Å²) >= 11 is 0. The highest BCUT2D eigenvalue weighted by atomic mass is 16.7. The van der Waals surface area contributed by atoms with Crippen LogP contribution in [0.4, 0.5) is 0 Å². The van der Waals surface area contributed by atoms with Crippen molar-refractivity contribution < 1.29 is 134 Å². The van der Waals surface area contributed by atoms with E-state index in [4.69, 9.17) is 33.2 Å². The maximum atomic E-state index is 14.3. The molecule has 6 heterocycles. The number of ether oxygens (including phenoxy) is 7. The van der Waals surface area contributed by atoms with Crippen LogP contribution in [0.3, 0.4) is 0 Å². The normalized spacial score (nSPS) is 45.2. The summed E-state index contributed by atoms with van der Waals surface area (Å²) < 4.78 is 40.8. The first-order chi connectivity index (χ1) is 45.5. The third-order valence-corrected chi connectivity index (χ3v) is 18.4. The molecule has 0 aromatic heterocycles. The van der Waals surface area contributed by atoms with E-state index >= 15 is 0 Å². The van der Waals surface area contributed by atoms with Crippen molar-refractivity contribution in [3.8, 4) is 0 Å². The van der Waals surface area contributed by atoms with Gasteiger partial charge in [-0.1, -0.05) is 98.9 Å². The fraction of sp³-hybridized carbons (Fsp3) is 0.742. The Balaban J connectivity index is 1.26. The third kappa shape index (κ3) is 23.4. The minimum Gasteiger partial charge on any atom is -0.462 e. The molecule has 19 N–H and O–H groups in total. The van der Waals surface area contributed by atoms with Crippen molar-refractivity contribution >= 4 is 17.8 Å². The molecule has 96 heavy (non-hydrogen) atoms. The number of aliphatic hydroxyl groups excluding tert-OH is 15. The van der Waals surface area contributed by atoms with Crippen LogP contribution in [-0.2, 0) is 47.5 Å². The first-order valence-electron chi connectivity index (χ1n) is 33.1. The molecule has 4 unspecified atom stereocenters. The zero-order valence-electron chi connectivity index (χ0n) is 54.7. The van der Waals surface area contributed by atoms with E-state index in [1.807, 2.05) is 6.92 Å². The summed E-state index contributed by atoms with van der Waals surface area (Å²) in [6.45, 7) is 5.20. The number of esters is 1. The average Bonchev–Trinajstić information content (AvgIpc) is 1.21. The van der Waals surface area contributed by atoms with Gasteiger partial charge >= 0.3 is 5.97 Å². The Morgan fingerprint density at radius 3 is 1.92 bits per heavy atom. The van der Waals surface area contributed by atoms with Gasteiger partial charge in [0.2, 0.25) is 17.6 Å². The fourth-order valence-electron chi connectivity index (χ4n) is 12.5. The van der Waals surface area contributed by atoms with Gasteiger partial charge in [0.25, 0.3) is 0 Å². The second kappa shape index (κ2) is 38.4. The van der Waals surface area contributed by atoms with Crippen LogP contribution >= 0.6 is 0 Å². The lowest BCUT2D eigenvalue weighted by atomic mass is 9.82. The van der Waals surface area contributed by atoms with Gasteiger partial charge < -0.3 is 136 Å². The van der Waals surface area contributed by atoms with Crippen LogP contribution in [0.15, 0.2) is 85.1 Å². The molecule has 6 rings (SSSR count). The van der Waals surface area contributed by atoms with Crippen molar-refractivity contribution in [3.05, 3.63) is 85.1 Å². The smallest absolute Gasteiger partial charge is 0.308 e. The summed E-state index contributed by atoms with van der Waals surface area (Å²) in [6, 6.07) is -1.49. The van der Waals surface area contributed by atoms with Gasteiger partial charge in [0, 0.05) is 63.6 Å². The van der Waals surface area contributed by atoms with Crippen molar-refractivity contribution in [3.63, 3.8) is 0 Å². The number of fused-ring (bicyclic) bond motifs is 2. The van der Waals surface area contributed by atoms with Gasteiger partial charge in [-0.05, 0) is 46.0 Å². The highest BCUT2D eigenvalue weighted by Crippen LogP contribution is 2.39. The van der Waals surface area contributed by atoms with Crippen molar-refractivity contribution in [2.75, 3.05) is 39.4 Å². The third-order valence-electron chi connectivity index (χ3n) is 18.4. The van der Waals surface area contributed by atoms with E-state index in [0.29, 0.717) is 32.4 Å². The molecule has 6 aliphatic heterocycles. The van der Waals surface area contributed by atoms with Crippen LogP contribution in [-0.4, -0.2) is 301 Å². The number of carbonyl (C=O) groups is 3. The van der Waals surface area contributed by atoms with Crippen LogP contribution in [0.5, 0.6) is 0 Å². The zero-order chi connectivity index (χ0) is 70.6. The minimum atomic E-state index is -2.69. The number of aliphatic hydroxyl groups is 17. The number of allylic oxidation sites excluding steroid dienone is 12. The molecule has 0 aromatic rings. The molecule has 28 atom stereocenters. The van der Waals surface area contributed by atoms with Gasteiger partial charge in [0.15, 0.2) is 18.4 Å². The number of hydrogen-bond acceptors (Lipinski definition) is 28. The number of likely N-dealkylation sites (tertiary alicyclic amines) is 1. The number of nitrogens with zero attached hydrogens (tertiary/aromatic N) is 1. The van der Waals surface area contributed by atoms with Crippen molar-refractivity contribution in [2.24, 2.45) is 17.8 Å². The van der Waals surface area contributed by atoms with Crippen molar-refractivity contribution in [2.45, 2.75) is 251 Å². The van der Waals surface area contributed by atoms with Crippen LogP contribution in [0, 0.1) is 17.8 Å². The monoisotopic (exact) mass is 1370 g/mol. The van der Waals surface area contributed by atoms with Crippen molar-refractivity contribution in [1.82, 2.24) is 15.5 Å². The predicted octanol–water partition coefficient (Wildman–Crippen LogP) is -3.99. The second-order valence-electron chi connectivity index (χ2n) is 26.2. The van der Waals surface area contributed by atoms with Gasteiger partial charge in [-0.3, -0.25) is 14.4 Å². The predicted molar refractivity (Wildman–Crippen MR) is 338 cm³/mol.